The molecule has 1 atom stereocenters. The Labute approximate surface area is 159 Å². The first-order chi connectivity index (χ1) is 13.1. The number of hydrogen-bond donors (Lipinski definition) is 1. The number of carbonyl (C=O) groups excluding carboxylic acids is 2. The lowest BCUT2D eigenvalue weighted by atomic mass is 10.2. The van der Waals surface area contributed by atoms with Gasteiger partial charge in [0.2, 0.25) is 5.83 Å². The van der Waals surface area contributed by atoms with Crippen molar-refractivity contribution in [3.63, 3.8) is 0 Å². The van der Waals surface area contributed by atoms with Crippen LogP contribution in [0.25, 0.3) is 0 Å². The predicted molar refractivity (Wildman–Crippen MR) is 79.6 cm³/mol. The predicted octanol–water partition coefficient (Wildman–Crippen LogP) is 1.02. The zero-order valence-electron chi connectivity index (χ0n) is 14.4. The molecule has 1 unspecified atom stereocenters. The van der Waals surface area contributed by atoms with Gasteiger partial charge in [0, 0.05) is 13.1 Å². The minimum atomic E-state index is -6.02. The van der Waals surface area contributed by atoms with Crippen LogP contribution in [0.3, 0.4) is 0 Å². The number of alkyl halides is 5. The summed E-state index contributed by atoms with van der Waals surface area (Å²) in [5, 5.41) is -4.94. The van der Waals surface area contributed by atoms with Crippen LogP contribution in [-0.2, 0) is 33.9 Å². The van der Waals surface area contributed by atoms with E-state index in [-0.39, 0.29) is 13.2 Å². The summed E-state index contributed by atoms with van der Waals surface area (Å²) in [6.45, 7) is -0.742. The van der Waals surface area contributed by atoms with E-state index < -0.39 is 71.2 Å². The van der Waals surface area contributed by atoms with E-state index in [0.29, 0.717) is 4.90 Å². The average molecular weight is 459 g/mol. The van der Waals surface area contributed by atoms with Crippen LogP contribution < -0.4 is 0 Å². The fourth-order valence-corrected chi connectivity index (χ4v) is 2.34. The number of rotatable bonds is 8. The molecule has 1 amide bonds. The second kappa shape index (κ2) is 8.85. The highest BCUT2D eigenvalue weighted by Gasteiger charge is 2.68. The summed E-state index contributed by atoms with van der Waals surface area (Å²) in [6.07, 6.45) is -7.95. The van der Waals surface area contributed by atoms with Crippen molar-refractivity contribution in [3.05, 3.63) is 12.4 Å². The van der Waals surface area contributed by atoms with Crippen LogP contribution in [0.2, 0.25) is 0 Å². The van der Waals surface area contributed by atoms with Gasteiger partial charge in [-0.05, 0) is 0 Å². The van der Waals surface area contributed by atoms with E-state index in [2.05, 4.69) is 16.1 Å². The van der Waals surface area contributed by atoms with Crippen molar-refractivity contribution >= 4 is 22.0 Å². The van der Waals surface area contributed by atoms with Gasteiger partial charge in [-0.2, -0.15) is 34.8 Å². The molecule has 168 valence electrons. The molecule has 0 aromatic carbocycles. The number of esters is 1. The molecular formula is C13H15F6NO8S. The van der Waals surface area contributed by atoms with E-state index in [0.717, 1.165) is 0 Å². The molecule has 1 rings (SSSR count). The third kappa shape index (κ3) is 5.80. The number of ether oxygens (including phenoxy) is 3. The number of hydrogen-bond acceptors (Lipinski definition) is 7. The van der Waals surface area contributed by atoms with Gasteiger partial charge < -0.3 is 19.1 Å². The maximum Gasteiger partial charge on any atom is 0.466 e. The SMILES string of the molecule is C=C(F)C(=O)OC(OCCC(F)(F)S(=O)(=O)O)(C(=O)N1CCOCC1)C(F)(F)F. The smallest absolute Gasteiger partial charge is 0.410 e. The second-order valence-electron chi connectivity index (χ2n) is 5.52. The molecule has 1 aliphatic rings. The number of amides is 1. The van der Waals surface area contributed by atoms with Crippen molar-refractivity contribution in [2.24, 2.45) is 0 Å². The molecular weight excluding hydrogens is 444 g/mol. The molecule has 1 aliphatic heterocycles. The van der Waals surface area contributed by atoms with Crippen LogP contribution in [0.5, 0.6) is 0 Å². The number of morpholine rings is 1. The lowest BCUT2D eigenvalue weighted by Gasteiger charge is -2.38. The largest absolute Gasteiger partial charge is 0.466 e. The Balaban J connectivity index is 3.27. The Morgan fingerprint density at radius 1 is 1.14 bits per heavy atom. The van der Waals surface area contributed by atoms with Crippen molar-refractivity contribution < 1.29 is 63.1 Å². The van der Waals surface area contributed by atoms with Crippen molar-refractivity contribution in [2.45, 2.75) is 23.6 Å². The molecule has 16 heteroatoms. The van der Waals surface area contributed by atoms with Gasteiger partial charge in [0.1, 0.15) is 0 Å². The van der Waals surface area contributed by atoms with Gasteiger partial charge in [-0.3, -0.25) is 9.35 Å². The van der Waals surface area contributed by atoms with E-state index in [1.165, 1.54) is 0 Å². The molecule has 0 aromatic heterocycles. The highest BCUT2D eigenvalue weighted by molar-refractivity contribution is 7.86. The minimum Gasteiger partial charge on any atom is -0.410 e. The van der Waals surface area contributed by atoms with E-state index in [9.17, 15) is 44.3 Å². The van der Waals surface area contributed by atoms with Crippen molar-refractivity contribution in [3.8, 4) is 0 Å². The molecule has 9 nitrogen and oxygen atoms in total. The Morgan fingerprint density at radius 2 is 1.66 bits per heavy atom. The van der Waals surface area contributed by atoms with E-state index in [4.69, 9.17) is 9.29 Å². The standard InChI is InChI=1S/C13H15F6NO8S/c1-8(14)9(21)28-12(13(17,18)19,10(22)20-3-6-26-7-4-20)27-5-2-11(15,16)29(23,24)25/h1-7H2,(H,23,24,25). The van der Waals surface area contributed by atoms with Crippen LogP contribution in [0.1, 0.15) is 6.42 Å². The summed E-state index contributed by atoms with van der Waals surface area (Å²) in [5.41, 5.74) is 0. The number of nitrogens with zero attached hydrogens (tertiary/aromatic N) is 1. The molecule has 29 heavy (non-hydrogen) atoms. The summed E-state index contributed by atoms with van der Waals surface area (Å²) in [6, 6.07) is 0. The van der Waals surface area contributed by atoms with Crippen molar-refractivity contribution in [1.82, 2.24) is 4.90 Å². The first kappa shape index (κ1) is 25.1. The Hall–Kier alpha value is -1.91. The summed E-state index contributed by atoms with van der Waals surface area (Å²) < 4.78 is 123. The van der Waals surface area contributed by atoms with Crippen molar-refractivity contribution in [2.75, 3.05) is 32.9 Å². The number of carbonyl (C=O) groups is 2. The van der Waals surface area contributed by atoms with Crippen LogP contribution in [0.4, 0.5) is 26.3 Å². The zero-order chi connectivity index (χ0) is 22.7. The van der Waals surface area contributed by atoms with E-state index in [1.807, 2.05) is 0 Å². The first-order valence-electron chi connectivity index (χ1n) is 7.55. The molecule has 1 saturated heterocycles. The van der Waals surface area contributed by atoms with Crippen molar-refractivity contribution in [1.29, 1.82) is 0 Å². The van der Waals surface area contributed by atoms with Crippen LogP contribution >= 0.6 is 0 Å². The second-order valence-corrected chi connectivity index (χ2v) is 7.07. The summed E-state index contributed by atoms with van der Waals surface area (Å²) in [7, 11) is -6.02. The van der Waals surface area contributed by atoms with Gasteiger partial charge in [-0.1, -0.05) is 6.58 Å². The maximum absolute atomic E-state index is 13.7. The fraction of sp³-hybridized carbons (Fsp3) is 0.692. The van der Waals surface area contributed by atoms with Gasteiger partial charge in [-0.25, -0.2) is 4.79 Å². The third-order valence-corrected chi connectivity index (χ3v) is 4.45. The Bertz CT molecular complexity index is 749. The van der Waals surface area contributed by atoms with Crippen LogP contribution in [0.15, 0.2) is 12.4 Å². The van der Waals surface area contributed by atoms with Crippen LogP contribution in [-0.4, -0.2) is 79.9 Å². The van der Waals surface area contributed by atoms with Gasteiger partial charge in [0.05, 0.1) is 26.2 Å². The molecule has 0 aromatic rings. The average Bonchev–Trinajstić information content (AvgIpc) is 2.58. The van der Waals surface area contributed by atoms with Gasteiger partial charge in [-0.15, -0.1) is 0 Å². The monoisotopic (exact) mass is 459 g/mol. The molecule has 0 bridgehead atoms. The quantitative estimate of drug-likeness (QED) is 0.188. The minimum absolute atomic E-state index is 0.218. The summed E-state index contributed by atoms with van der Waals surface area (Å²) >= 11 is 0. The molecule has 0 spiro atoms. The zero-order valence-corrected chi connectivity index (χ0v) is 15.2. The van der Waals surface area contributed by atoms with Gasteiger partial charge in [0.15, 0.2) is 0 Å². The highest BCUT2D eigenvalue weighted by Crippen LogP contribution is 2.38. The normalized spacial score (nSPS) is 18.1. The first-order valence-corrected chi connectivity index (χ1v) is 8.99. The fourth-order valence-electron chi connectivity index (χ4n) is 2.00. The molecule has 0 radical (unpaired) electrons. The van der Waals surface area contributed by atoms with Gasteiger partial charge in [0.25, 0.3) is 0 Å². The number of halogens is 6. The molecule has 0 aliphatic carbocycles. The van der Waals surface area contributed by atoms with Crippen LogP contribution in [0, 0.1) is 0 Å². The van der Waals surface area contributed by atoms with E-state index >= 15 is 0 Å². The molecule has 0 saturated carbocycles. The molecule has 1 N–H and O–H groups in total. The third-order valence-electron chi connectivity index (χ3n) is 3.49. The van der Waals surface area contributed by atoms with E-state index in [1.54, 1.807) is 0 Å². The maximum atomic E-state index is 13.7. The molecule has 1 heterocycles. The lowest BCUT2D eigenvalue weighted by Crippen LogP contribution is -2.63. The lowest BCUT2D eigenvalue weighted by molar-refractivity contribution is -0.352. The summed E-state index contributed by atoms with van der Waals surface area (Å²) in [4.78, 5) is 24.2. The molecule has 1 fully saturated rings. The Morgan fingerprint density at radius 3 is 2.07 bits per heavy atom. The Kier molecular flexibility index (Phi) is 7.66. The highest BCUT2D eigenvalue weighted by atomic mass is 32.2. The topological polar surface area (TPSA) is 119 Å². The van der Waals surface area contributed by atoms with Gasteiger partial charge >= 0.3 is 39.2 Å². The summed E-state index contributed by atoms with van der Waals surface area (Å²) in [5.74, 6) is -11.1.